The summed E-state index contributed by atoms with van der Waals surface area (Å²) in [5.41, 5.74) is 0. The third kappa shape index (κ3) is 4.25. The Balaban J connectivity index is 1.29. The number of carbonyl (C=O) groups is 2. The lowest BCUT2D eigenvalue weighted by atomic mass is 9.93. The molecule has 2 amide bonds. The highest BCUT2D eigenvalue weighted by Crippen LogP contribution is 2.30. The van der Waals surface area contributed by atoms with Crippen molar-refractivity contribution in [2.75, 3.05) is 25.0 Å². The normalized spacial score (nSPS) is 25.0. The predicted octanol–water partition coefficient (Wildman–Crippen LogP) is 2.67. The summed E-state index contributed by atoms with van der Waals surface area (Å²) in [5.74, 6) is 1.40. The van der Waals surface area contributed by atoms with E-state index in [4.69, 9.17) is 0 Å². The number of aromatic nitrogens is 1. The quantitative estimate of drug-likeness (QED) is 0.885. The molecule has 1 N–H and O–H groups in total. The third-order valence-electron chi connectivity index (χ3n) is 6.38. The van der Waals surface area contributed by atoms with E-state index in [0.29, 0.717) is 31.5 Å². The van der Waals surface area contributed by atoms with Crippen LogP contribution in [-0.4, -0.2) is 58.3 Å². The summed E-state index contributed by atoms with van der Waals surface area (Å²) in [4.78, 5) is 33.7. The van der Waals surface area contributed by atoms with Gasteiger partial charge in [0.25, 0.3) is 0 Å². The molecule has 27 heavy (non-hydrogen) atoms. The second-order valence-corrected chi connectivity index (χ2v) is 8.18. The molecule has 6 nitrogen and oxygen atoms in total. The van der Waals surface area contributed by atoms with Crippen molar-refractivity contribution in [3.63, 3.8) is 0 Å². The van der Waals surface area contributed by atoms with Crippen molar-refractivity contribution in [1.29, 1.82) is 0 Å². The molecule has 1 aromatic heterocycles. The molecule has 0 spiro atoms. The van der Waals surface area contributed by atoms with E-state index in [1.54, 1.807) is 6.20 Å². The number of hydrogen-bond acceptors (Lipinski definition) is 4. The van der Waals surface area contributed by atoms with Crippen molar-refractivity contribution in [3.05, 3.63) is 24.4 Å². The van der Waals surface area contributed by atoms with Crippen molar-refractivity contribution in [2.45, 2.75) is 63.5 Å². The van der Waals surface area contributed by atoms with Gasteiger partial charge in [0.05, 0.1) is 5.92 Å². The number of hydrogen-bond donors (Lipinski definition) is 1. The van der Waals surface area contributed by atoms with Gasteiger partial charge in [0.2, 0.25) is 11.8 Å². The molecule has 3 heterocycles. The Kier molecular flexibility index (Phi) is 5.60. The maximum absolute atomic E-state index is 13.0. The number of nitrogens with zero attached hydrogens (tertiary/aromatic N) is 3. The Morgan fingerprint density at radius 2 is 1.85 bits per heavy atom. The number of carbonyl (C=O) groups excluding carboxylic acids is 2. The van der Waals surface area contributed by atoms with E-state index in [1.807, 2.05) is 28.0 Å². The Hall–Kier alpha value is -2.11. The minimum atomic E-state index is -0.0106. The molecule has 4 rings (SSSR count). The summed E-state index contributed by atoms with van der Waals surface area (Å²) in [6.45, 7) is 2.21. The van der Waals surface area contributed by atoms with Crippen LogP contribution in [0.25, 0.3) is 0 Å². The largest absolute Gasteiger partial charge is 0.367 e. The molecular weight excluding hydrogens is 340 g/mol. The van der Waals surface area contributed by atoms with Crippen LogP contribution < -0.4 is 5.32 Å². The molecule has 0 aromatic carbocycles. The second-order valence-electron chi connectivity index (χ2n) is 8.18. The lowest BCUT2D eigenvalue weighted by Gasteiger charge is -2.39. The van der Waals surface area contributed by atoms with E-state index >= 15 is 0 Å². The number of piperidine rings is 2. The van der Waals surface area contributed by atoms with E-state index < -0.39 is 0 Å². The van der Waals surface area contributed by atoms with Crippen LogP contribution in [0.15, 0.2) is 24.4 Å². The molecule has 0 unspecified atom stereocenters. The van der Waals surface area contributed by atoms with E-state index in [9.17, 15) is 9.59 Å². The van der Waals surface area contributed by atoms with Gasteiger partial charge in [0.1, 0.15) is 5.82 Å². The predicted molar refractivity (Wildman–Crippen MR) is 104 cm³/mol. The first-order valence-electron chi connectivity index (χ1n) is 10.5. The van der Waals surface area contributed by atoms with Gasteiger partial charge in [-0.3, -0.25) is 9.59 Å². The lowest BCUT2D eigenvalue weighted by molar-refractivity contribution is -0.145. The highest BCUT2D eigenvalue weighted by molar-refractivity contribution is 5.84. The minimum absolute atomic E-state index is 0.0106. The van der Waals surface area contributed by atoms with Crippen molar-refractivity contribution in [2.24, 2.45) is 5.92 Å². The summed E-state index contributed by atoms with van der Waals surface area (Å²) in [7, 11) is 0. The fourth-order valence-electron chi connectivity index (χ4n) is 4.80. The molecule has 1 saturated carbocycles. The number of likely N-dealkylation sites (tertiary alicyclic amines) is 2. The number of amides is 2. The standard InChI is InChI=1S/C21H30N4O2/c26-20-9-8-16(15-25(20)18-5-1-2-6-18)21(27)24-13-10-17(11-14-24)23-19-7-3-4-12-22-19/h3-4,7,12,16-18H,1-2,5-6,8-11,13-15H2,(H,22,23)/t16-/m1/s1. The molecule has 0 bridgehead atoms. The maximum Gasteiger partial charge on any atom is 0.227 e. The topological polar surface area (TPSA) is 65.5 Å². The molecule has 1 aromatic rings. The Bertz CT molecular complexity index is 651. The van der Waals surface area contributed by atoms with Gasteiger partial charge in [-0.1, -0.05) is 18.9 Å². The number of rotatable bonds is 4. The summed E-state index contributed by atoms with van der Waals surface area (Å²) >= 11 is 0. The molecule has 2 saturated heterocycles. The number of pyridine rings is 1. The minimum Gasteiger partial charge on any atom is -0.367 e. The van der Waals surface area contributed by atoms with Gasteiger partial charge < -0.3 is 15.1 Å². The van der Waals surface area contributed by atoms with Crippen LogP contribution in [0.4, 0.5) is 5.82 Å². The van der Waals surface area contributed by atoms with Gasteiger partial charge in [0, 0.05) is 44.3 Å². The van der Waals surface area contributed by atoms with Crippen LogP contribution in [0.3, 0.4) is 0 Å². The van der Waals surface area contributed by atoms with Crippen LogP contribution in [0, 0.1) is 5.92 Å². The molecule has 2 aliphatic heterocycles. The Morgan fingerprint density at radius 1 is 1.07 bits per heavy atom. The van der Waals surface area contributed by atoms with Crippen LogP contribution in [0.5, 0.6) is 0 Å². The van der Waals surface area contributed by atoms with Crippen molar-refractivity contribution >= 4 is 17.6 Å². The van der Waals surface area contributed by atoms with Gasteiger partial charge in [-0.2, -0.15) is 0 Å². The lowest BCUT2D eigenvalue weighted by Crippen LogP contribution is -2.52. The van der Waals surface area contributed by atoms with Crippen LogP contribution in [-0.2, 0) is 9.59 Å². The van der Waals surface area contributed by atoms with Gasteiger partial charge >= 0.3 is 0 Å². The number of anilines is 1. The van der Waals surface area contributed by atoms with Crippen LogP contribution >= 0.6 is 0 Å². The van der Waals surface area contributed by atoms with E-state index in [-0.39, 0.29) is 17.7 Å². The zero-order valence-corrected chi connectivity index (χ0v) is 16.0. The summed E-state index contributed by atoms with van der Waals surface area (Å²) in [5, 5.41) is 3.47. The zero-order chi connectivity index (χ0) is 18.6. The summed E-state index contributed by atoms with van der Waals surface area (Å²) in [6.07, 6.45) is 9.57. The summed E-state index contributed by atoms with van der Waals surface area (Å²) in [6, 6.07) is 6.62. The third-order valence-corrected chi connectivity index (χ3v) is 6.38. The van der Waals surface area contributed by atoms with Crippen molar-refractivity contribution in [1.82, 2.24) is 14.8 Å². The monoisotopic (exact) mass is 370 g/mol. The molecule has 1 atom stereocenters. The van der Waals surface area contributed by atoms with Crippen molar-refractivity contribution < 1.29 is 9.59 Å². The molecule has 0 radical (unpaired) electrons. The molecular formula is C21H30N4O2. The molecule has 146 valence electrons. The smallest absolute Gasteiger partial charge is 0.227 e. The molecule has 1 aliphatic carbocycles. The fourth-order valence-corrected chi connectivity index (χ4v) is 4.80. The Labute approximate surface area is 161 Å². The molecule has 6 heteroatoms. The average molecular weight is 370 g/mol. The Morgan fingerprint density at radius 3 is 2.56 bits per heavy atom. The highest BCUT2D eigenvalue weighted by Gasteiger charge is 2.37. The summed E-state index contributed by atoms with van der Waals surface area (Å²) < 4.78 is 0. The highest BCUT2D eigenvalue weighted by atomic mass is 16.2. The van der Waals surface area contributed by atoms with Crippen molar-refractivity contribution in [3.8, 4) is 0 Å². The fraction of sp³-hybridized carbons (Fsp3) is 0.667. The van der Waals surface area contributed by atoms with Gasteiger partial charge in [-0.25, -0.2) is 4.98 Å². The van der Waals surface area contributed by atoms with Gasteiger partial charge in [0.15, 0.2) is 0 Å². The molecule has 3 aliphatic rings. The number of nitrogens with one attached hydrogen (secondary N) is 1. The van der Waals surface area contributed by atoms with E-state index in [2.05, 4.69) is 10.3 Å². The van der Waals surface area contributed by atoms with E-state index in [0.717, 1.165) is 44.6 Å². The SMILES string of the molecule is O=C([C@@H]1CCC(=O)N(C2CCCC2)C1)N1CCC(Nc2ccccn2)CC1. The van der Waals surface area contributed by atoms with Gasteiger partial charge in [-0.15, -0.1) is 0 Å². The zero-order valence-electron chi connectivity index (χ0n) is 16.0. The van der Waals surface area contributed by atoms with Crippen LogP contribution in [0.2, 0.25) is 0 Å². The molecule has 3 fully saturated rings. The van der Waals surface area contributed by atoms with Gasteiger partial charge in [-0.05, 0) is 44.2 Å². The second kappa shape index (κ2) is 8.28. The first-order valence-corrected chi connectivity index (χ1v) is 10.5. The van der Waals surface area contributed by atoms with E-state index in [1.165, 1.54) is 12.8 Å². The maximum atomic E-state index is 13.0. The van der Waals surface area contributed by atoms with Crippen LogP contribution in [0.1, 0.15) is 51.4 Å². The average Bonchev–Trinajstić information content (AvgIpc) is 3.24. The first kappa shape index (κ1) is 18.3. The first-order chi connectivity index (χ1) is 13.2.